The monoisotopic (exact) mass is 419 g/mol. The molecule has 160 valence electrons. The van der Waals surface area contributed by atoms with Crippen LogP contribution in [0.2, 0.25) is 0 Å². The van der Waals surface area contributed by atoms with Gasteiger partial charge >= 0.3 is 0 Å². The number of hydrogen-bond donors (Lipinski definition) is 0. The average molecular weight is 419 g/mol. The van der Waals surface area contributed by atoms with Gasteiger partial charge in [0, 0.05) is 43.0 Å². The van der Waals surface area contributed by atoms with E-state index >= 15 is 0 Å². The number of methoxy groups -OCH3 is 2. The lowest BCUT2D eigenvalue weighted by molar-refractivity contribution is 0.0782. The van der Waals surface area contributed by atoms with Gasteiger partial charge in [-0.2, -0.15) is 0 Å². The van der Waals surface area contributed by atoms with Gasteiger partial charge in [0.25, 0.3) is 5.91 Å². The van der Waals surface area contributed by atoms with Gasteiger partial charge < -0.3 is 14.4 Å². The summed E-state index contributed by atoms with van der Waals surface area (Å²) in [6.45, 7) is 4.79. The van der Waals surface area contributed by atoms with E-state index in [2.05, 4.69) is 19.9 Å². The van der Waals surface area contributed by atoms with Gasteiger partial charge in [0.05, 0.1) is 26.1 Å². The lowest BCUT2D eigenvalue weighted by Crippen LogP contribution is -2.29. The second-order valence-corrected chi connectivity index (χ2v) is 7.61. The van der Waals surface area contributed by atoms with Crippen molar-refractivity contribution < 1.29 is 14.3 Å². The van der Waals surface area contributed by atoms with E-state index in [9.17, 15) is 4.79 Å². The highest BCUT2D eigenvalue weighted by Crippen LogP contribution is 2.41. The number of ether oxygens (including phenoxy) is 2. The molecule has 3 heterocycles. The zero-order chi connectivity index (χ0) is 22.0. The fourth-order valence-electron chi connectivity index (χ4n) is 4.04. The van der Waals surface area contributed by atoms with Crippen LogP contribution < -0.4 is 9.47 Å². The topological polar surface area (TPSA) is 90.3 Å². The lowest BCUT2D eigenvalue weighted by Gasteiger charge is -2.19. The molecule has 1 saturated heterocycles. The number of aromatic nitrogens is 4. The maximum atomic E-state index is 13.1. The highest BCUT2D eigenvalue weighted by atomic mass is 16.5. The van der Waals surface area contributed by atoms with Crippen molar-refractivity contribution in [2.24, 2.45) is 0 Å². The van der Waals surface area contributed by atoms with E-state index in [1.807, 2.05) is 43.0 Å². The van der Waals surface area contributed by atoms with E-state index < -0.39 is 0 Å². The first-order chi connectivity index (χ1) is 15.0. The number of rotatable bonds is 5. The van der Waals surface area contributed by atoms with Gasteiger partial charge in [0.2, 0.25) is 0 Å². The van der Waals surface area contributed by atoms with Crippen LogP contribution in [-0.2, 0) is 0 Å². The first-order valence-corrected chi connectivity index (χ1v) is 10.1. The van der Waals surface area contributed by atoms with Crippen molar-refractivity contribution in [3.63, 3.8) is 0 Å². The summed E-state index contributed by atoms with van der Waals surface area (Å²) in [5.74, 6) is 1.95. The fraction of sp³-hybridized carbons (Fsp3) is 0.348. The molecule has 8 nitrogen and oxygen atoms in total. The summed E-state index contributed by atoms with van der Waals surface area (Å²) in [7, 11) is 3.23. The summed E-state index contributed by atoms with van der Waals surface area (Å²) in [5.41, 5.74) is 3.09. The Kier molecular flexibility index (Phi) is 5.79. The van der Waals surface area contributed by atoms with E-state index in [0.29, 0.717) is 36.1 Å². The van der Waals surface area contributed by atoms with Crippen LogP contribution in [-0.4, -0.2) is 58.1 Å². The normalized spacial score (nSPS) is 18.1. The number of carbonyl (C=O) groups is 1. The molecule has 3 aromatic rings. The molecule has 0 N–H and O–H groups in total. The van der Waals surface area contributed by atoms with Crippen LogP contribution in [0.3, 0.4) is 0 Å². The van der Waals surface area contributed by atoms with Crippen molar-refractivity contribution in [2.45, 2.75) is 25.7 Å². The number of aryl methyl sites for hydroxylation is 2. The molecule has 1 aromatic carbocycles. The summed E-state index contributed by atoms with van der Waals surface area (Å²) in [6.07, 6.45) is 4.91. The number of hydrogen-bond acceptors (Lipinski definition) is 7. The summed E-state index contributed by atoms with van der Waals surface area (Å²) >= 11 is 0. The van der Waals surface area contributed by atoms with Crippen molar-refractivity contribution in [1.29, 1.82) is 0 Å². The molecule has 0 spiro atoms. The molecule has 1 aliphatic rings. The van der Waals surface area contributed by atoms with E-state index in [4.69, 9.17) is 9.47 Å². The molecule has 0 radical (unpaired) electrons. The van der Waals surface area contributed by atoms with Crippen LogP contribution >= 0.6 is 0 Å². The molecule has 0 aliphatic carbocycles. The first kappa shape index (κ1) is 20.7. The lowest BCUT2D eigenvalue weighted by atomic mass is 9.86. The standard InChI is InChI=1S/C23H25N5O3/c1-14-10-26-20(11-25-14)23(29)28-12-17(16-5-6-21(30-3)22(9-16)31-4)18(13-28)19-7-8-24-15(2)27-19/h5-11,17-18H,12-13H2,1-4H3/t17-,18+/m0/s1. The average Bonchev–Trinajstić information content (AvgIpc) is 3.24. The zero-order valence-corrected chi connectivity index (χ0v) is 18.1. The summed E-state index contributed by atoms with van der Waals surface area (Å²) in [5, 5.41) is 0. The minimum atomic E-state index is -0.133. The first-order valence-electron chi connectivity index (χ1n) is 10.1. The number of benzene rings is 1. The molecular formula is C23H25N5O3. The van der Waals surface area contributed by atoms with Crippen LogP contribution in [0.1, 0.15) is 45.1 Å². The van der Waals surface area contributed by atoms with Crippen molar-refractivity contribution in [3.05, 3.63) is 71.3 Å². The maximum Gasteiger partial charge on any atom is 0.274 e. The number of likely N-dealkylation sites (tertiary alicyclic amines) is 1. The van der Waals surface area contributed by atoms with Gasteiger partial charge in [-0.1, -0.05) is 6.07 Å². The predicted molar refractivity (Wildman–Crippen MR) is 114 cm³/mol. The number of nitrogens with zero attached hydrogens (tertiary/aromatic N) is 5. The molecule has 8 heteroatoms. The number of amides is 1. The Bertz CT molecular complexity index is 1090. The van der Waals surface area contributed by atoms with E-state index in [1.54, 1.807) is 26.6 Å². The van der Waals surface area contributed by atoms with Gasteiger partial charge in [0.1, 0.15) is 11.5 Å². The number of carbonyl (C=O) groups excluding carboxylic acids is 1. The van der Waals surface area contributed by atoms with Crippen molar-refractivity contribution >= 4 is 5.91 Å². The maximum absolute atomic E-state index is 13.1. The molecule has 0 unspecified atom stereocenters. The predicted octanol–water partition coefficient (Wildman–Crippen LogP) is 2.92. The molecule has 1 amide bonds. The largest absolute Gasteiger partial charge is 0.493 e. The van der Waals surface area contributed by atoms with Gasteiger partial charge in [-0.15, -0.1) is 0 Å². The second kappa shape index (κ2) is 8.67. The SMILES string of the molecule is COc1ccc([C@@H]2CN(C(=O)c3cnc(C)cn3)C[C@H]2c2ccnc(C)n2)cc1OC. The van der Waals surface area contributed by atoms with Crippen LogP contribution in [0.4, 0.5) is 0 Å². The molecule has 2 atom stereocenters. The summed E-state index contributed by atoms with van der Waals surface area (Å²) < 4.78 is 10.9. The highest BCUT2D eigenvalue weighted by Gasteiger charge is 2.39. The smallest absolute Gasteiger partial charge is 0.274 e. The van der Waals surface area contributed by atoms with E-state index in [0.717, 1.165) is 17.0 Å². The molecule has 4 rings (SSSR count). The van der Waals surface area contributed by atoms with Crippen molar-refractivity contribution in [3.8, 4) is 11.5 Å². The van der Waals surface area contributed by atoms with Crippen LogP contribution in [0.15, 0.2) is 42.9 Å². The van der Waals surface area contributed by atoms with Crippen molar-refractivity contribution in [1.82, 2.24) is 24.8 Å². The molecule has 1 fully saturated rings. The molecule has 31 heavy (non-hydrogen) atoms. The Morgan fingerprint density at radius 3 is 2.42 bits per heavy atom. The van der Waals surface area contributed by atoms with Gasteiger partial charge in [-0.3, -0.25) is 9.78 Å². The Morgan fingerprint density at radius 1 is 0.968 bits per heavy atom. The third-order valence-corrected chi connectivity index (χ3v) is 5.62. The summed E-state index contributed by atoms with van der Waals surface area (Å²) in [4.78, 5) is 32.3. The van der Waals surface area contributed by atoms with Gasteiger partial charge in [-0.05, 0) is 37.6 Å². The van der Waals surface area contributed by atoms with Crippen molar-refractivity contribution in [2.75, 3.05) is 27.3 Å². The fourth-order valence-corrected chi connectivity index (χ4v) is 4.04. The molecule has 1 aliphatic heterocycles. The Labute approximate surface area is 181 Å². The van der Waals surface area contributed by atoms with Crippen LogP contribution in [0.5, 0.6) is 11.5 Å². The third kappa shape index (κ3) is 4.19. The van der Waals surface area contributed by atoms with Gasteiger partial charge in [0.15, 0.2) is 11.5 Å². The molecular weight excluding hydrogens is 394 g/mol. The Balaban J connectivity index is 1.70. The quantitative estimate of drug-likeness (QED) is 0.628. The van der Waals surface area contributed by atoms with E-state index in [1.165, 1.54) is 6.20 Å². The minimum absolute atomic E-state index is 0.0159. The van der Waals surface area contributed by atoms with Crippen LogP contribution in [0.25, 0.3) is 0 Å². The second-order valence-electron chi connectivity index (χ2n) is 7.61. The highest BCUT2D eigenvalue weighted by molar-refractivity contribution is 5.92. The molecule has 2 aromatic heterocycles. The van der Waals surface area contributed by atoms with Gasteiger partial charge in [-0.25, -0.2) is 15.0 Å². The third-order valence-electron chi connectivity index (χ3n) is 5.62. The Morgan fingerprint density at radius 2 is 1.74 bits per heavy atom. The minimum Gasteiger partial charge on any atom is -0.493 e. The zero-order valence-electron chi connectivity index (χ0n) is 18.1. The molecule has 0 saturated carbocycles. The van der Waals surface area contributed by atoms with E-state index in [-0.39, 0.29) is 17.7 Å². The molecule has 0 bridgehead atoms. The van der Waals surface area contributed by atoms with Crippen LogP contribution in [0, 0.1) is 13.8 Å². The Hall–Kier alpha value is -3.55. The summed E-state index contributed by atoms with van der Waals surface area (Å²) in [6, 6.07) is 7.81.